The third-order valence-corrected chi connectivity index (χ3v) is 4.32. The summed E-state index contributed by atoms with van der Waals surface area (Å²) in [6, 6.07) is 12.1. The molecule has 1 aromatic heterocycles. The molecule has 1 N–H and O–H groups in total. The zero-order chi connectivity index (χ0) is 16.9. The summed E-state index contributed by atoms with van der Waals surface area (Å²) in [5, 5.41) is 5.12. The quantitative estimate of drug-likeness (QED) is 0.731. The molecule has 2 aromatic carbocycles. The molecule has 0 fully saturated rings. The number of anilines is 1. The lowest BCUT2D eigenvalue weighted by molar-refractivity contribution is -0.116. The second kappa shape index (κ2) is 7.31. The smallest absolute Gasteiger partial charge is 0.224 e. The van der Waals surface area contributed by atoms with Gasteiger partial charge in [-0.15, -0.1) is 11.3 Å². The van der Waals surface area contributed by atoms with Gasteiger partial charge in [-0.3, -0.25) is 4.79 Å². The zero-order valence-electron chi connectivity index (χ0n) is 12.6. The molecule has 0 aliphatic rings. The molecule has 0 saturated carbocycles. The molecule has 3 nitrogen and oxygen atoms in total. The van der Waals surface area contributed by atoms with Gasteiger partial charge in [0.2, 0.25) is 5.91 Å². The number of carbonyl (C=O) groups excluding carboxylic acids is 1. The summed E-state index contributed by atoms with van der Waals surface area (Å²) >= 11 is 1.35. The van der Waals surface area contributed by atoms with E-state index in [1.807, 2.05) is 5.38 Å². The number of carbonyl (C=O) groups is 1. The third-order valence-electron chi connectivity index (χ3n) is 3.39. The van der Waals surface area contributed by atoms with E-state index in [1.165, 1.54) is 41.7 Å². The van der Waals surface area contributed by atoms with E-state index in [2.05, 4.69) is 10.3 Å². The molecule has 3 rings (SSSR count). The van der Waals surface area contributed by atoms with Crippen LogP contribution < -0.4 is 5.32 Å². The van der Waals surface area contributed by atoms with Gasteiger partial charge in [0.1, 0.15) is 16.6 Å². The molecule has 24 heavy (non-hydrogen) atoms. The lowest BCUT2D eigenvalue weighted by Crippen LogP contribution is -2.12. The molecule has 0 aliphatic carbocycles. The summed E-state index contributed by atoms with van der Waals surface area (Å²) in [7, 11) is 0. The Morgan fingerprint density at radius 3 is 2.58 bits per heavy atom. The standard InChI is InChI=1S/C18H14F2N2OS/c19-12-5-7-13(8-6-12)21-17(23)10-9-14-11-24-18(22-14)15-3-1-2-4-16(15)20/h1-8,11H,9-10H2,(H,21,23). The second-order valence-electron chi connectivity index (χ2n) is 5.18. The number of benzene rings is 2. The molecule has 0 aliphatic heterocycles. The highest BCUT2D eigenvalue weighted by atomic mass is 32.1. The topological polar surface area (TPSA) is 42.0 Å². The number of thiazole rings is 1. The van der Waals surface area contributed by atoms with Crippen molar-refractivity contribution in [2.24, 2.45) is 0 Å². The van der Waals surface area contributed by atoms with E-state index in [1.54, 1.807) is 18.2 Å². The highest BCUT2D eigenvalue weighted by Gasteiger charge is 2.10. The molecule has 0 radical (unpaired) electrons. The fourth-order valence-corrected chi connectivity index (χ4v) is 3.06. The number of hydrogen-bond donors (Lipinski definition) is 1. The van der Waals surface area contributed by atoms with Crippen LogP contribution in [0.1, 0.15) is 12.1 Å². The predicted octanol–water partition coefficient (Wildman–Crippen LogP) is 4.66. The molecule has 0 saturated heterocycles. The minimum Gasteiger partial charge on any atom is -0.326 e. The van der Waals surface area contributed by atoms with Gasteiger partial charge in [-0.2, -0.15) is 0 Å². The SMILES string of the molecule is O=C(CCc1csc(-c2ccccc2F)n1)Nc1ccc(F)cc1. The number of aryl methyl sites for hydroxylation is 1. The summed E-state index contributed by atoms with van der Waals surface area (Å²) in [6.07, 6.45) is 0.704. The maximum atomic E-state index is 13.7. The van der Waals surface area contributed by atoms with Crippen LogP contribution in [0.15, 0.2) is 53.9 Å². The molecule has 6 heteroatoms. The van der Waals surface area contributed by atoms with E-state index in [-0.39, 0.29) is 24.0 Å². The van der Waals surface area contributed by atoms with Crippen molar-refractivity contribution in [3.8, 4) is 10.6 Å². The number of aromatic nitrogens is 1. The minimum absolute atomic E-state index is 0.179. The Hall–Kier alpha value is -2.60. The highest BCUT2D eigenvalue weighted by molar-refractivity contribution is 7.13. The minimum atomic E-state index is -0.351. The monoisotopic (exact) mass is 344 g/mol. The van der Waals surface area contributed by atoms with Crippen molar-refractivity contribution in [2.75, 3.05) is 5.32 Å². The van der Waals surface area contributed by atoms with Crippen molar-refractivity contribution in [2.45, 2.75) is 12.8 Å². The van der Waals surface area contributed by atoms with Crippen LogP contribution in [0.2, 0.25) is 0 Å². The van der Waals surface area contributed by atoms with Crippen LogP contribution in [0, 0.1) is 11.6 Å². The van der Waals surface area contributed by atoms with Gasteiger partial charge in [-0.05, 0) is 42.8 Å². The maximum Gasteiger partial charge on any atom is 0.224 e. The largest absolute Gasteiger partial charge is 0.326 e. The number of halogens is 2. The summed E-state index contributed by atoms with van der Waals surface area (Å²) in [5.41, 5.74) is 1.75. The normalized spacial score (nSPS) is 10.6. The van der Waals surface area contributed by atoms with E-state index >= 15 is 0 Å². The summed E-state index contributed by atoms with van der Waals surface area (Å²) in [5.74, 6) is -0.842. The Morgan fingerprint density at radius 2 is 1.83 bits per heavy atom. The average molecular weight is 344 g/mol. The molecule has 0 atom stereocenters. The van der Waals surface area contributed by atoms with E-state index in [9.17, 15) is 13.6 Å². The van der Waals surface area contributed by atoms with E-state index in [0.29, 0.717) is 22.7 Å². The first-order chi connectivity index (χ1) is 11.6. The number of amides is 1. The Bertz CT molecular complexity index is 846. The van der Waals surface area contributed by atoms with Gasteiger partial charge in [0.15, 0.2) is 0 Å². The van der Waals surface area contributed by atoms with Crippen molar-refractivity contribution in [1.29, 1.82) is 0 Å². The van der Waals surface area contributed by atoms with Gasteiger partial charge >= 0.3 is 0 Å². The second-order valence-corrected chi connectivity index (χ2v) is 6.04. The van der Waals surface area contributed by atoms with Crippen LogP contribution >= 0.6 is 11.3 Å². The van der Waals surface area contributed by atoms with Crippen molar-refractivity contribution < 1.29 is 13.6 Å². The van der Waals surface area contributed by atoms with Crippen LogP contribution in [0.25, 0.3) is 10.6 Å². The highest BCUT2D eigenvalue weighted by Crippen LogP contribution is 2.26. The number of rotatable bonds is 5. The molecular formula is C18H14F2N2OS. The van der Waals surface area contributed by atoms with Gasteiger partial charge in [-0.1, -0.05) is 12.1 Å². The fourth-order valence-electron chi connectivity index (χ4n) is 2.18. The average Bonchev–Trinajstić information content (AvgIpc) is 3.04. The van der Waals surface area contributed by atoms with E-state index in [0.717, 1.165) is 5.69 Å². The zero-order valence-corrected chi connectivity index (χ0v) is 13.4. The number of nitrogens with zero attached hydrogens (tertiary/aromatic N) is 1. The fraction of sp³-hybridized carbons (Fsp3) is 0.111. The van der Waals surface area contributed by atoms with Crippen LogP contribution in [0.4, 0.5) is 14.5 Å². The number of nitrogens with one attached hydrogen (secondary N) is 1. The van der Waals surface area contributed by atoms with Crippen LogP contribution in [0.3, 0.4) is 0 Å². The first-order valence-electron chi connectivity index (χ1n) is 7.36. The Morgan fingerprint density at radius 1 is 1.08 bits per heavy atom. The molecule has 122 valence electrons. The van der Waals surface area contributed by atoms with Gasteiger partial charge in [-0.25, -0.2) is 13.8 Å². The van der Waals surface area contributed by atoms with Gasteiger partial charge < -0.3 is 5.32 Å². The van der Waals surface area contributed by atoms with Crippen molar-refractivity contribution in [1.82, 2.24) is 4.98 Å². The van der Waals surface area contributed by atoms with Gasteiger partial charge in [0, 0.05) is 23.1 Å². The van der Waals surface area contributed by atoms with Gasteiger partial charge in [0.05, 0.1) is 5.69 Å². The molecule has 1 heterocycles. The van der Waals surface area contributed by atoms with E-state index in [4.69, 9.17) is 0 Å². The summed E-state index contributed by atoms with van der Waals surface area (Å²) in [4.78, 5) is 16.3. The number of hydrogen-bond acceptors (Lipinski definition) is 3. The van der Waals surface area contributed by atoms with Gasteiger partial charge in [0.25, 0.3) is 0 Å². The molecular weight excluding hydrogens is 330 g/mol. The Labute approximate surface area is 142 Å². The van der Waals surface area contributed by atoms with Crippen LogP contribution in [0.5, 0.6) is 0 Å². The first kappa shape index (κ1) is 16.3. The summed E-state index contributed by atoms with van der Waals surface area (Å²) in [6.45, 7) is 0. The first-order valence-corrected chi connectivity index (χ1v) is 8.24. The Kier molecular flexibility index (Phi) is 4.96. The van der Waals surface area contributed by atoms with Crippen molar-refractivity contribution in [3.05, 3.63) is 71.2 Å². The molecule has 1 amide bonds. The lowest BCUT2D eigenvalue weighted by atomic mass is 10.2. The molecule has 0 bridgehead atoms. The van der Waals surface area contributed by atoms with Crippen molar-refractivity contribution >= 4 is 22.9 Å². The van der Waals surface area contributed by atoms with Crippen LogP contribution in [-0.4, -0.2) is 10.9 Å². The summed E-state index contributed by atoms with van der Waals surface area (Å²) < 4.78 is 26.6. The predicted molar refractivity (Wildman–Crippen MR) is 90.9 cm³/mol. The molecule has 0 unspecified atom stereocenters. The Balaban J connectivity index is 1.58. The molecule has 0 spiro atoms. The molecule has 3 aromatic rings. The third kappa shape index (κ3) is 4.02. The van der Waals surface area contributed by atoms with Crippen LogP contribution in [-0.2, 0) is 11.2 Å². The van der Waals surface area contributed by atoms with Crippen molar-refractivity contribution in [3.63, 3.8) is 0 Å². The van der Waals surface area contributed by atoms with E-state index < -0.39 is 0 Å². The lowest BCUT2D eigenvalue weighted by Gasteiger charge is -2.04. The maximum absolute atomic E-state index is 13.7.